The molecule has 0 aliphatic heterocycles. The molecule has 0 heterocycles. The Morgan fingerprint density at radius 2 is 2.07 bits per heavy atom. The summed E-state index contributed by atoms with van der Waals surface area (Å²) >= 11 is 0. The average molecular weight is 425 g/mol. The van der Waals surface area contributed by atoms with E-state index < -0.39 is 29.7 Å². The fraction of sp³-hybridized carbons (Fsp3) is 0.739. The zero-order valence-electron chi connectivity index (χ0n) is 18.7. The van der Waals surface area contributed by atoms with E-state index in [0.717, 1.165) is 11.1 Å². The summed E-state index contributed by atoms with van der Waals surface area (Å²) in [6.45, 7) is 6.40. The largest absolute Gasteiger partial charge is 0.469 e. The van der Waals surface area contributed by atoms with Crippen LogP contribution >= 0.6 is 0 Å². The maximum Gasteiger partial charge on any atom is 0.313 e. The molecule has 7 heteroatoms. The topological polar surface area (TPSA) is 113 Å². The molecule has 0 aromatic heterocycles. The second kappa shape index (κ2) is 9.62. The van der Waals surface area contributed by atoms with Crippen LogP contribution in [0.1, 0.15) is 59.8 Å². The van der Waals surface area contributed by atoms with Crippen LogP contribution in [0.15, 0.2) is 23.3 Å². The van der Waals surface area contributed by atoms with Gasteiger partial charge in [0.05, 0.1) is 30.8 Å². The maximum atomic E-state index is 12.8. The van der Waals surface area contributed by atoms with Gasteiger partial charge in [0, 0.05) is 12.8 Å². The molecule has 5 atom stereocenters. The van der Waals surface area contributed by atoms with Gasteiger partial charge in [-0.25, -0.2) is 0 Å². The number of hydrogen-bond acceptors (Lipinski definition) is 7. The number of esters is 2. The zero-order chi connectivity index (χ0) is 22.7. The van der Waals surface area contributed by atoms with Crippen LogP contribution in [0.4, 0.5) is 0 Å². The minimum atomic E-state index is -1.29. The van der Waals surface area contributed by atoms with Gasteiger partial charge in [0.15, 0.2) is 0 Å². The predicted molar refractivity (Wildman–Crippen MR) is 111 cm³/mol. The number of aliphatic hydroxyl groups excluding tert-OH is 2. The minimum Gasteiger partial charge on any atom is -0.469 e. The highest BCUT2D eigenvalue weighted by molar-refractivity contribution is 5.77. The van der Waals surface area contributed by atoms with Gasteiger partial charge < -0.3 is 24.8 Å². The third kappa shape index (κ3) is 5.71. The van der Waals surface area contributed by atoms with E-state index in [4.69, 9.17) is 9.47 Å². The second-order valence-corrected chi connectivity index (χ2v) is 9.47. The molecule has 7 nitrogen and oxygen atoms in total. The summed E-state index contributed by atoms with van der Waals surface area (Å²) in [6.07, 6.45) is 4.78. The Morgan fingerprint density at radius 3 is 2.63 bits per heavy atom. The SMILES string of the molecule is COC(=O)[C@H]1C2=CC[C@@H](O)[C@@](C)(CC[C@@H]1/C(=C\C[C@H](O)C(C)(C)O)COC(C)=O)C2. The number of rotatable bonds is 7. The van der Waals surface area contributed by atoms with E-state index in [1.54, 1.807) is 6.08 Å². The van der Waals surface area contributed by atoms with E-state index in [0.29, 0.717) is 25.7 Å². The van der Waals surface area contributed by atoms with Gasteiger partial charge in [-0.3, -0.25) is 9.59 Å². The van der Waals surface area contributed by atoms with Crippen molar-refractivity contribution in [3.63, 3.8) is 0 Å². The first-order valence-electron chi connectivity index (χ1n) is 10.6. The van der Waals surface area contributed by atoms with Crippen molar-refractivity contribution >= 4 is 11.9 Å². The van der Waals surface area contributed by atoms with Crippen molar-refractivity contribution in [3.05, 3.63) is 23.3 Å². The molecule has 2 bridgehead atoms. The van der Waals surface area contributed by atoms with Crippen LogP contribution in [-0.2, 0) is 19.1 Å². The van der Waals surface area contributed by atoms with Crippen LogP contribution in [0, 0.1) is 17.3 Å². The molecule has 0 amide bonds. The van der Waals surface area contributed by atoms with Crippen LogP contribution < -0.4 is 0 Å². The second-order valence-electron chi connectivity index (χ2n) is 9.47. The molecule has 0 unspecified atom stereocenters. The summed E-state index contributed by atoms with van der Waals surface area (Å²) in [6, 6.07) is 0. The predicted octanol–water partition coefficient (Wildman–Crippen LogP) is 2.28. The molecule has 1 saturated carbocycles. The Bertz CT molecular complexity index is 703. The molecule has 0 spiro atoms. The Hall–Kier alpha value is -1.70. The standard InChI is InChI=1S/C23H36O7/c1-14(24)30-13-16(7-8-18(25)22(2,3)28)17-10-11-23(4)12-15(6-9-19(23)26)20(17)21(27)29-5/h6-7,17-20,25-26,28H,8-13H2,1-5H3/b16-7-/t17-,18+,19-,20+,23+/m1/s1. The van der Waals surface area contributed by atoms with Crippen molar-refractivity contribution in [1.82, 2.24) is 0 Å². The van der Waals surface area contributed by atoms with Crippen molar-refractivity contribution < 1.29 is 34.4 Å². The molecule has 2 rings (SSSR count). The number of ether oxygens (including phenoxy) is 2. The van der Waals surface area contributed by atoms with Crippen LogP contribution in [-0.4, -0.2) is 58.8 Å². The van der Waals surface area contributed by atoms with Gasteiger partial charge in [0.1, 0.15) is 6.61 Å². The van der Waals surface area contributed by atoms with E-state index >= 15 is 0 Å². The van der Waals surface area contributed by atoms with Crippen molar-refractivity contribution in [2.45, 2.75) is 77.6 Å². The van der Waals surface area contributed by atoms with Crippen LogP contribution in [0.2, 0.25) is 0 Å². The number of carbonyl (C=O) groups is 2. The van der Waals surface area contributed by atoms with Crippen LogP contribution in [0.25, 0.3) is 0 Å². The van der Waals surface area contributed by atoms with Gasteiger partial charge in [-0.05, 0) is 56.9 Å². The first-order chi connectivity index (χ1) is 13.9. The number of aliphatic hydroxyl groups is 3. The maximum absolute atomic E-state index is 12.8. The van der Waals surface area contributed by atoms with E-state index in [-0.39, 0.29) is 30.3 Å². The summed E-state index contributed by atoms with van der Waals surface area (Å²) in [7, 11) is 1.36. The molecule has 0 radical (unpaired) electrons. The molecular weight excluding hydrogens is 388 g/mol. The molecule has 2 aliphatic rings. The van der Waals surface area contributed by atoms with Crippen molar-refractivity contribution in [3.8, 4) is 0 Å². The van der Waals surface area contributed by atoms with Gasteiger partial charge >= 0.3 is 11.9 Å². The molecule has 2 aliphatic carbocycles. The lowest BCUT2D eigenvalue weighted by Gasteiger charge is -2.37. The Kier molecular flexibility index (Phi) is 7.88. The fourth-order valence-electron chi connectivity index (χ4n) is 4.50. The third-order valence-corrected chi connectivity index (χ3v) is 6.64. The summed E-state index contributed by atoms with van der Waals surface area (Å²) < 4.78 is 10.4. The van der Waals surface area contributed by atoms with Crippen LogP contribution in [0.3, 0.4) is 0 Å². The van der Waals surface area contributed by atoms with Gasteiger partial charge in [0.25, 0.3) is 0 Å². The van der Waals surface area contributed by atoms with Crippen molar-refractivity contribution in [2.24, 2.45) is 17.3 Å². The molecule has 0 aromatic rings. The monoisotopic (exact) mass is 424 g/mol. The Morgan fingerprint density at radius 1 is 1.40 bits per heavy atom. The molecule has 170 valence electrons. The first-order valence-corrected chi connectivity index (χ1v) is 10.6. The van der Waals surface area contributed by atoms with Crippen molar-refractivity contribution in [1.29, 1.82) is 0 Å². The van der Waals surface area contributed by atoms with Gasteiger partial charge in [-0.1, -0.05) is 24.6 Å². The number of carbonyl (C=O) groups excluding carboxylic acids is 2. The zero-order valence-corrected chi connectivity index (χ0v) is 18.7. The summed E-state index contributed by atoms with van der Waals surface area (Å²) in [5.74, 6) is -1.62. The molecule has 0 aromatic carbocycles. The molecule has 3 N–H and O–H groups in total. The van der Waals surface area contributed by atoms with E-state index in [1.807, 2.05) is 13.0 Å². The Balaban J connectivity index is 2.44. The summed E-state index contributed by atoms with van der Waals surface area (Å²) in [5.41, 5.74) is 0.0409. The normalized spacial score (nSPS) is 30.7. The first kappa shape index (κ1) is 24.6. The third-order valence-electron chi connectivity index (χ3n) is 6.64. The number of fused-ring (bicyclic) bond motifs is 2. The lowest BCUT2D eigenvalue weighted by atomic mass is 9.71. The summed E-state index contributed by atoms with van der Waals surface area (Å²) in [4.78, 5) is 24.3. The van der Waals surface area contributed by atoms with Gasteiger partial charge in [-0.2, -0.15) is 0 Å². The highest BCUT2D eigenvalue weighted by atomic mass is 16.5. The average Bonchev–Trinajstić information content (AvgIpc) is 2.78. The number of hydrogen-bond donors (Lipinski definition) is 3. The highest BCUT2D eigenvalue weighted by Crippen LogP contribution is 2.50. The minimum absolute atomic E-state index is 0.00137. The van der Waals surface area contributed by atoms with Crippen molar-refractivity contribution in [2.75, 3.05) is 13.7 Å². The lowest BCUT2D eigenvalue weighted by Crippen LogP contribution is -2.36. The highest BCUT2D eigenvalue weighted by Gasteiger charge is 2.46. The molecule has 1 fully saturated rings. The van der Waals surface area contributed by atoms with Gasteiger partial charge in [-0.15, -0.1) is 0 Å². The fourth-order valence-corrected chi connectivity index (χ4v) is 4.50. The summed E-state index contributed by atoms with van der Waals surface area (Å²) in [5, 5.41) is 30.9. The molecule has 30 heavy (non-hydrogen) atoms. The smallest absolute Gasteiger partial charge is 0.313 e. The van der Waals surface area contributed by atoms with E-state index in [1.165, 1.54) is 27.9 Å². The Labute approximate surface area is 178 Å². The van der Waals surface area contributed by atoms with E-state index in [9.17, 15) is 24.9 Å². The number of methoxy groups -OCH3 is 1. The molecule has 0 saturated heterocycles. The van der Waals surface area contributed by atoms with Crippen LogP contribution in [0.5, 0.6) is 0 Å². The van der Waals surface area contributed by atoms with E-state index in [2.05, 4.69) is 0 Å². The molecular formula is C23H36O7. The van der Waals surface area contributed by atoms with Gasteiger partial charge in [0.2, 0.25) is 0 Å². The quantitative estimate of drug-likeness (QED) is 0.424. The lowest BCUT2D eigenvalue weighted by molar-refractivity contribution is -0.145.